The molecule has 0 aliphatic carbocycles. The van der Waals surface area contributed by atoms with E-state index in [2.05, 4.69) is 27.8 Å². The molecule has 1 aliphatic rings. The van der Waals surface area contributed by atoms with Crippen molar-refractivity contribution in [3.63, 3.8) is 0 Å². The maximum absolute atomic E-state index is 13.0. The van der Waals surface area contributed by atoms with E-state index in [1.165, 1.54) is 12.1 Å². The molecule has 0 atom stereocenters. The molecule has 10 heteroatoms. The van der Waals surface area contributed by atoms with E-state index in [0.29, 0.717) is 43.3 Å². The second-order valence-corrected chi connectivity index (χ2v) is 8.86. The Balaban J connectivity index is 1.71. The van der Waals surface area contributed by atoms with Crippen LogP contribution in [0.3, 0.4) is 0 Å². The van der Waals surface area contributed by atoms with Gasteiger partial charge in [0.05, 0.1) is 11.1 Å². The number of carbonyl (C=O) groups excluding carboxylic acids is 2. The zero-order chi connectivity index (χ0) is 26.1. The molecule has 0 aromatic heterocycles. The van der Waals surface area contributed by atoms with Crippen LogP contribution in [-0.4, -0.2) is 44.8 Å². The van der Waals surface area contributed by atoms with Crippen LogP contribution in [0, 0.1) is 5.92 Å². The van der Waals surface area contributed by atoms with E-state index in [-0.39, 0.29) is 11.6 Å². The molecule has 2 aromatic carbocycles. The van der Waals surface area contributed by atoms with Gasteiger partial charge in [-0.15, -0.1) is 0 Å². The number of alkyl halides is 3. The van der Waals surface area contributed by atoms with Crippen molar-refractivity contribution in [3.05, 3.63) is 53.6 Å². The number of hydrogen-bond acceptors (Lipinski definition) is 4. The number of urea groups is 1. The number of anilines is 3. The van der Waals surface area contributed by atoms with Gasteiger partial charge in [-0.1, -0.05) is 6.92 Å². The highest BCUT2D eigenvalue weighted by Crippen LogP contribution is 2.30. The van der Waals surface area contributed by atoms with Crippen LogP contribution in [0.2, 0.25) is 0 Å². The third kappa shape index (κ3) is 7.87. The van der Waals surface area contributed by atoms with Gasteiger partial charge >= 0.3 is 12.2 Å². The quantitative estimate of drug-likeness (QED) is 0.379. The van der Waals surface area contributed by atoms with E-state index in [0.717, 1.165) is 43.8 Å². The van der Waals surface area contributed by atoms with Gasteiger partial charge < -0.3 is 25.6 Å². The average Bonchev–Trinajstić information content (AvgIpc) is 2.84. The summed E-state index contributed by atoms with van der Waals surface area (Å²) in [5.74, 6) is 0.388. The zero-order valence-corrected chi connectivity index (χ0v) is 20.6. The summed E-state index contributed by atoms with van der Waals surface area (Å²) in [4.78, 5) is 27.7. The van der Waals surface area contributed by atoms with Gasteiger partial charge in [-0.2, -0.15) is 13.2 Å². The molecule has 196 valence electrons. The van der Waals surface area contributed by atoms with Gasteiger partial charge in [0, 0.05) is 49.9 Å². The van der Waals surface area contributed by atoms with Crippen molar-refractivity contribution in [2.75, 3.05) is 48.4 Å². The third-order valence-electron chi connectivity index (χ3n) is 6.05. The van der Waals surface area contributed by atoms with Crippen molar-refractivity contribution >= 4 is 29.0 Å². The second kappa shape index (κ2) is 12.6. The van der Waals surface area contributed by atoms with Crippen molar-refractivity contribution in [3.8, 4) is 0 Å². The summed E-state index contributed by atoms with van der Waals surface area (Å²) in [6.07, 6.45) is -1.70. The van der Waals surface area contributed by atoms with Gasteiger partial charge in [0.2, 0.25) is 0 Å². The Kier molecular flexibility index (Phi) is 9.58. The van der Waals surface area contributed by atoms with Crippen LogP contribution in [0.1, 0.15) is 49.0 Å². The van der Waals surface area contributed by atoms with E-state index in [1.807, 2.05) is 13.0 Å². The van der Waals surface area contributed by atoms with Crippen LogP contribution in [0.15, 0.2) is 42.5 Å². The first-order chi connectivity index (χ1) is 17.2. The Morgan fingerprint density at radius 2 is 1.67 bits per heavy atom. The molecular formula is C26H33F3N4O3. The first kappa shape index (κ1) is 27.3. The van der Waals surface area contributed by atoms with Gasteiger partial charge in [0.15, 0.2) is 0 Å². The average molecular weight is 507 g/mol. The van der Waals surface area contributed by atoms with Crippen molar-refractivity contribution in [2.24, 2.45) is 5.92 Å². The molecule has 3 amide bonds. The minimum atomic E-state index is -4.45. The third-order valence-corrected chi connectivity index (χ3v) is 6.05. The van der Waals surface area contributed by atoms with Crippen LogP contribution in [0.5, 0.6) is 0 Å². The lowest BCUT2D eigenvalue weighted by Gasteiger charge is -2.33. The number of rotatable bonds is 9. The second-order valence-electron chi connectivity index (χ2n) is 8.86. The Labute approximate surface area is 209 Å². The van der Waals surface area contributed by atoms with Crippen molar-refractivity contribution in [2.45, 2.75) is 39.3 Å². The van der Waals surface area contributed by atoms with E-state index < -0.39 is 17.8 Å². The van der Waals surface area contributed by atoms with Gasteiger partial charge in [0.25, 0.3) is 5.91 Å². The normalized spacial score (nSPS) is 14.4. The van der Waals surface area contributed by atoms with Crippen molar-refractivity contribution in [1.29, 1.82) is 0 Å². The SMILES string of the molecule is CCOCCCNC(=O)c1cc(NC(=O)Nc2ccc(C(F)(F)F)cc2)ccc1N1CCC(C)CC1. The smallest absolute Gasteiger partial charge is 0.382 e. The van der Waals surface area contributed by atoms with Gasteiger partial charge in [-0.25, -0.2) is 4.79 Å². The number of nitrogens with one attached hydrogen (secondary N) is 3. The number of amides is 3. The molecule has 1 heterocycles. The number of piperidine rings is 1. The standard InChI is InChI=1S/C26H33F3N4O3/c1-3-36-16-4-13-30-24(34)22-17-21(9-10-23(22)33-14-11-18(2)12-15-33)32-25(35)31-20-7-5-19(6-8-20)26(27,28)29/h5-10,17-18H,3-4,11-16H2,1-2H3,(H,30,34)(H2,31,32,35). The number of carbonyl (C=O) groups is 2. The molecule has 0 bridgehead atoms. The molecule has 1 fully saturated rings. The minimum absolute atomic E-state index is 0.215. The lowest BCUT2D eigenvalue weighted by atomic mass is 9.98. The van der Waals surface area contributed by atoms with E-state index in [4.69, 9.17) is 4.74 Å². The largest absolute Gasteiger partial charge is 0.416 e. The molecule has 0 unspecified atom stereocenters. The summed E-state index contributed by atoms with van der Waals surface area (Å²) in [6, 6.07) is 8.70. The van der Waals surface area contributed by atoms with Crippen LogP contribution < -0.4 is 20.9 Å². The topological polar surface area (TPSA) is 82.7 Å². The van der Waals surface area contributed by atoms with E-state index >= 15 is 0 Å². The molecule has 0 radical (unpaired) electrons. The number of ether oxygens (including phenoxy) is 1. The lowest BCUT2D eigenvalue weighted by Crippen LogP contribution is -2.35. The van der Waals surface area contributed by atoms with Crippen LogP contribution in [0.4, 0.5) is 35.0 Å². The first-order valence-corrected chi connectivity index (χ1v) is 12.2. The fourth-order valence-corrected chi connectivity index (χ4v) is 3.97. The molecule has 3 N–H and O–H groups in total. The van der Waals surface area contributed by atoms with E-state index in [1.54, 1.807) is 12.1 Å². The molecule has 7 nitrogen and oxygen atoms in total. The lowest BCUT2D eigenvalue weighted by molar-refractivity contribution is -0.137. The maximum Gasteiger partial charge on any atom is 0.416 e. The zero-order valence-electron chi connectivity index (χ0n) is 20.6. The Morgan fingerprint density at radius 3 is 2.31 bits per heavy atom. The number of halogens is 3. The summed E-state index contributed by atoms with van der Waals surface area (Å²) in [5.41, 5.74) is 1.07. The number of nitrogens with zero attached hydrogens (tertiary/aromatic N) is 1. The predicted molar refractivity (Wildman–Crippen MR) is 135 cm³/mol. The van der Waals surface area contributed by atoms with Crippen LogP contribution in [0.25, 0.3) is 0 Å². The van der Waals surface area contributed by atoms with Crippen molar-refractivity contribution < 1.29 is 27.5 Å². The van der Waals surface area contributed by atoms with E-state index in [9.17, 15) is 22.8 Å². The summed E-state index contributed by atoms with van der Waals surface area (Å²) in [7, 11) is 0. The monoisotopic (exact) mass is 506 g/mol. The summed E-state index contributed by atoms with van der Waals surface area (Å²) >= 11 is 0. The van der Waals surface area contributed by atoms with Gasteiger partial charge in [0.1, 0.15) is 0 Å². The molecule has 2 aromatic rings. The van der Waals surface area contributed by atoms with Gasteiger partial charge in [-0.3, -0.25) is 4.79 Å². The Hall–Kier alpha value is -3.27. The minimum Gasteiger partial charge on any atom is -0.382 e. The highest BCUT2D eigenvalue weighted by molar-refractivity contribution is 6.04. The Bertz CT molecular complexity index is 1020. The fraction of sp³-hybridized carbons (Fsp3) is 0.462. The summed E-state index contributed by atoms with van der Waals surface area (Å²) < 4.78 is 43.6. The molecule has 1 saturated heterocycles. The maximum atomic E-state index is 13.0. The summed E-state index contributed by atoms with van der Waals surface area (Å²) in [5, 5.41) is 8.09. The van der Waals surface area contributed by atoms with Crippen LogP contribution in [-0.2, 0) is 10.9 Å². The first-order valence-electron chi connectivity index (χ1n) is 12.2. The predicted octanol–water partition coefficient (Wildman–Crippen LogP) is 5.74. The molecular weight excluding hydrogens is 473 g/mol. The van der Waals surface area contributed by atoms with Crippen molar-refractivity contribution in [1.82, 2.24) is 5.32 Å². The molecule has 0 spiro atoms. The highest BCUT2D eigenvalue weighted by atomic mass is 19.4. The number of hydrogen-bond donors (Lipinski definition) is 3. The highest BCUT2D eigenvalue weighted by Gasteiger charge is 2.30. The molecule has 36 heavy (non-hydrogen) atoms. The summed E-state index contributed by atoms with van der Waals surface area (Å²) in [6.45, 7) is 7.44. The number of benzene rings is 2. The molecule has 0 saturated carbocycles. The van der Waals surface area contributed by atoms with Crippen LogP contribution >= 0.6 is 0 Å². The molecule has 1 aliphatic heterocycles. The Morgan fingerprint density at radius 1 is 1.03 bits per heavy atom. The molecule has 3 rings (SSSR count). The van der Waals surface area contributed by atoms with Gasteiger partial charge in [-0.05, 0) is 74.6 Å². The fourth-order valence-electron chi connectivity index (χ4n) is 3.97.